The highest BCUT2D eigenvalue weighted by Gasteiger charge is 2.16. The Morgan fingerprint density at radius 2 is 2.00 bits per heavy atom. The number of carbonyl (C=O) groups excluding carboxylic acids is 1. The summed E-state index contributed by atoms with van der Waals surface area (Å²) < 4.78 is 10.5. The van der Waals surface area contributed by atoms with E-state index >= 15 is 0 Å². The van der Waals surface area contributed by atoms with Crippen molar-refractivity contribution in [3.63, 3.8) is 0 Å². The van der Waals surface area contributed by atoms with E-state index in [1.54, 1.807) is 6.07 Å². The fourth-order valence-electron chi connectivity index (χ4n) is 2.47. The fourth-order valence-corrected chi connectivity index (χ4v) is 2.47. The molecule has 6 heteroatoms. The summed E-state index contributed by atoms with van der Waals surface area (Å²) in [6.45, 7) is 5.12. The van der Waals surface area contributed by atoms with Gasteiger partial charge in [-0.05, 0) is 0 Å². The first-order valence-electron chi connectivity index (χ1n) is 7.54. The maximum atomic E-state index is 12.1. The first-order chi connectivity index (χ1) is 10.8. The number of nitrogens with zero attached hydrogens (tertiary/aromatic N) is 1. The average Bonchev–Trinajstić information content (AvgIpc) is 3.07. The lowest BCUT2D eigenvalue weighted by molar-refractivity contribution is -0.906. The standard InChI is InChI=1S/C16H19N3O3/c20-16(17-6-7-19-8-10-21-11-9-19)14-12-15(22-18-14)13-4-2-1-3-5-13/h1-5,12H,6-11H2,(H,17,20)/p+1. The summed E-state index contributed by atoms with van der Waals surface area (Å²) in [7, 11) is 0. The second-order valence-corrected chi connectivity index (χ2v) is 5.31. The molecule has 1 saturated heterocycles. The van der Waals surface area contributed by atoms with Crippen molar-refractivity contribution < 1.29 is 19.0 Å². The average molecular weight is 302 g/mol. The molecule has 2 heterocycles. The van der Waals surface area contributed by atoms with E-state index in [1.807, 2.05) is 30.3 Å². The number of aromatic nitrogens is 1. The van der Waals surface area contributed by atoms with Crippen LogP contribution in [0.3, 0.4) is 0 Å². The summed E-state index contributed by atoms with van der Waals surface area (Å²) in [6, 6.07) is 11.3. The van der Waals surface area contributed by atoms with E-state index in [2.05, 4.69) is 10.5 Å². The predicted molar refractivity (Wildman–Crippen MR) is 80.7 cm³/mol. The summed E-state index contributed by atoms with van der Waals surface area (Å²) in [5, 5.41) is 6.73. The second-order valence-electron chi connectivity index (χ2n) is 5.31. The van der Waals surface area contributed by atoms with Crippen molar-refractivity contribution in [2.24, 2.45) is 0 Å². The SMILES string of the molecule is O=C(NCC[NH+]1CCOCC1)c1cc(-c2ccccc2)on1. The number of hydrogen-bond acceptors (Lipinski definition) is 4. The van der Waals surface area contributed by atoms with Crippen molar-refractivity contribution in [3.05, 3.63) is 42.1 Å². The Morgan fingerprint density at radius 1 is 1.23 bits per heavy atom. The molecular formula is C16H20N3O3+. The first-order valence-corrected chi connectivity index (χ1v) is 7.54. The van der Waals surface area contributed by atoms with Gasteiger partial charge in [-0.2, -0.15) is 0 Å². The third-order valence-corrected chi connectivity index (χ3v) is 3.77. The Hall–Kier alpha value is -2.18. The van der Waals surface area contributed by atoms with Crippen molar-refractivity contribution in [2.45, 2.75) is 0 Å². The molecule has 1 aromatic heterocycles. The molecule has 1 aliphatic heterocycles. The van der Waals surface area contributed by atoms with Gasteiger partial charge in [-0.25, -0.2) is 0 Å². The Labute approximate surface area is 129 Å². The molecule has 0 bridgehead atoms. The van der Waals surface area contributed by atoms with E-state index in [0.717, 1.165) is 38.4 Å². The molecule has 3 rings (SSSR count). The van der Waals surface area contributed by atoms with Crippen LogP contribution in [-0.2, 0) is 4.74 Å². The lowest BCUT2D eigenvalue weighted by Crippen LogP contribution is -3.14. The van der Waals surface area contributed by atoms with Crippen LogP contribution >= 0.6 is 0 Å². The minimum absolute atomic E-state index is 0.196. The number of quaternary nitrogens is 1. The zero-order valence-corrected chi connectivity index (χ0v) is 12.4. The molecule has 0 atom stereocenters. The summed E-state index contributed by atoms with van der Waals surface area (Å²) in [5.74, 6) is 0.406. The molecule has 0 radical (unpaired) electrons. The van der Waals surface area contributed by atoms with Crippen LogP contribution in [0, 0.1) is 0 Å². The van der Waals surface area contributed by atoms with E-state index in [4.69, 9.17) is 9.26 Å². The Balaban J connectivity index is 1.51. The van der Waals surface area contributed by atoms with Gasteiger partial charge in [0, 0.05) is 11.6 Å². The number of carbonyl (C=O) groups is 1. The molecule has 1 aliphatic rings. The van der Waals surface area contributed by atoms with Gasteiger partial charge in [0.15, 0.2) is 11.5 Å². The molecule has 22 heavy (non-hydrogen) atoms. The maximum Gasteiger partial charge on any atom is 0.273 e. The molecule has 2 N–H and O–H groups in total. The van der Waals surface area contributed by atoms with Crippen molar-refractivity contribution in [2.75, 3.05) is 39.4 Å². The van der Waals surface area contributed by atoms with E-state index in [-0.39, 0.29) is 5.91 Å². The minimum atomic E-state index is -0.196. The summed E-state index contributed by atoms with van der Waals surface area (Å²) in [5.41, 5.74) is 1.22. The van der Waals surface area contributed by atoms with Gasteiger partial charge in [-0.3, -0.25) is 4.79 Å². The number of amides is 1. The van der Waals surface area contributed by atoms with Crippen LogP contribution in [0.1, 0.15) is 10.5 Å². The highest BCUT2D eigenvalue weighted by Crippen LogP contribution is 2.19. The molecule has 1 aromatic carbocycles. The predicted octanol–water partition coefficient (Wildman–Crippen LogP) is -0.0135. The monoisotopic (exact) mass is 302 g/mol. The number of ether oxygens (including phenoxy) is 1. The lowest BCUT2D eigenvalue weighted by Gasteiger charge is -2.23. The van der Waals surface area contributed by atoms with E-state index in [1.165, 1.54) is 4.90 Å². The number of benzene rings is 1. The van der Waals surface area contributed by atoms with Crippen LogP contribution in [0.25, 0.3) is 11.3 Å². The maximum absolute atomic E-state index is 12.1. The first kappa shape index (κ1) is 14.7. The van der Waals surface area contributed by atoms with Gasteiger partial charge in [0.25, 0.3) is 5.91 Å². The molecular weight excluding hydrogens is 282 g/mol. The van der Waals surface area contributed by atoms with Gasteiger partial charge in [-0.1, -0.05) is 35.5 Å². The van der Waals surface area contributed by atoms with Crippen LogP contribution in [-0.4, -0.2) is 50.5 Å². The molecule has 0 saturated carbocycles. The molecule has 0 unspecified atom stereocenters. The number of rotatable bonds is 5. The van der Waals surface area contributed by atoms with Gasteiger partial charge in [0.2, 0.25) is 0 Å². The van der Waals surface area contributed by atoms with E-state index in [0.29, 0.717) is 18.0 Å². The Morgan fingerprint density at radius 3 is 2.77 bits per heavy atom. The Kier molecular flexibility index (Phi) is 4.82. The fraction of sp³-hybridized carbons (Fsp3) is 0.375. The van der Waals surface area contributed by atoms with Crippen LogP contribution < -0.4 is 10.2 Å². The third kappa shape index (κ3) is 3.72. The van der Waals surface area contributed by atoms with Crippen LogP contribution in [0.2, 0.25) is 0 Å². The highest BCUT2D eigenvalue weighted by atomic mass is 16.5. The van der Waals surface area contributed by atoms with Crippen molar-refractivity contribution in [3.8, 4) is 11.3 Å². The number of nitrogens with one attached hydrogen (secondary N) is 2. The zero-order valence-electron chi connectivity index (χ0n) is 12.4. The molecule has 6 nitrogen and oxygen atoms in total. The highest BCUT2D eigenvalue weighted by molar-refractivity contribution is 5.93. The van der Waals surface area contributed by atoms with E-state index in [9.17, 15) is 4.79 Å². The van der Waals surface area contributed by atoms with Gasteiger partial charge in [0.05, 0.1) is 26.3 Å². The second kappa shape index (κ2) is 7.20. The largest absolute Gasteiger partial charge is 0.370 e. The van der Waals surface area contributed by atoms with Crippen molar-refractivity contribution in [1.29, 1.82) is 0 Å². The van der Waals surface area contributed by atoms with Crippen molar-refractivity contribution >= 4 is 5.91 Å². The van der Waals surface area contributed by atoms with E-state index < -0.39 is 0 Å². The number of hydrogen-bond donors (Lipinski definition) is 2. The molecule has 2 aromatic rings. The van der Waals surface area contributed by atoms with Gasteiger partial charge in [0.1, 0.15) is 13.1 Å². The normalized spacial score (nSPS) is 15.6. The van der Waals surface area contributed by atoms with Crippen LogP contribution in [0.15, 0.2) is 40.9 Å². The summed E-state index contributed by atoms with van der Waals surface area (Å²) in [4.78, 5) is 13.5. The summed E-state index contributed by atoms with van der Waals surface area (Å²) in [6.07, 6.45) is 0. The third-order valence-electron chi connectivity index (χ3n) is 3.77. The van der Waals surface area contributed by atoms with Crippen LogP contribution in [0.5, 0.6) is 0 Å². The molecule has 0 aliphatic carbocycles. The molecule has 1 fully saturated rings. The zero-order chi connectivity index (χ0) is 15.2. The Bertz CT molecular complexity index is 606. The molecule has 116 valence electrons. The topological polar surface area (TPSA) is 68.8 Å². The quantitative estimate of drug-likeness (QED) is 0.815. The molecule has 1 amide bonds. The van der Waals surface area contributed by atoms with Crippen LogP contribution in [0.4, 0.5) is 0 Å². The minimum Gasteiger partial charge on any atom is -0.370 e. The van der Waals surface area contributed by atoms with Gasteiger partial charge in [-0.15, -0.1) is 0 Å². The van der Waals surface area contributed by atoms with Gasteiger partial charge >= 0.3 is 0 Å². The van der Waals surface area contributed by atoms with Gasteiger partial charge < -0.3 is 19.5 Å². The summed E-state index contributed by atoms with van der Waals surface area (Å²) >= 11 is 0. The van der Waals surface area contributed by atoms with Crippen molar-refractivity contribution in [1.82, 2.24) is 10.5 Å². The lowest BCUT2D eigenvalue weighted by atomic mass is 10.1. The number of morpholine rings is 1. The smallest absolute Gasteiger partial charge is 0.273 e. The molecule has 0 spiro atoms.